The van der Waals surface area contributed by atoms with Crippen molar-refractivity contribution in [2.75, 3.05) is 32.9 Å². The number of carboxylic acid groups (broad SMARTS) is 1. The van der Waals surface area contributed by atoms with E-state index in [2.05, 4.69) is 68.1 Å². The van der Waals surface area contributed by atoms with Crippen molar-refractivity contribution in [2.24, 2.45) is 17.3 Å². The lowest BCUT2D eigenvalue weighted by molar-refractivity contribution is -0.149. The summed E-state index contributed by atoms with van der Waals surface area (Å²) >= 11 is 0. The largest absolute Gasteiger partial charge is 0.493 e. The molecule has 2 aliphatic carbocycles. The van der Waals surface area contributed by atoms with Crippen molar-refractivity contribution in [2.45, 2.75) is 97.9 Å². The predicted octanol–water partition coefficient (Wildman–Crippen LogP) is 8.65. The molecule has 1 saturated carbocycles. The van der Waals surface area contributed by atoms with Crippen LogP contribution in [-0.4, -0.2) is 48.9 Å². The van der Waals surface area contributed by atoms with E-state index >= 15 is 0 Å². The highest BCUT2D eigenvalue weighted by Crippen LogP contribution is 2.56. The van der Waals surface area contributed by atoms with Crippen molar-refractivity contribution >= 4 is 5.97 Å². The molecule has 5 heteroatoms. The van der Waals surface area contributed by atoms with Crippen LogP contribution in [0.1, 0.15) is 102 Å². The number of aryl methyl sites for hydroxylation is 1. The summed E-state index contributed by atoms with van der Waals surface area (Å²) in [6.07, 6.45) is 11.2. The Hall–Kier alpha value is -2.63. The minimum absolute atomic E-state index is 0.341. The van der Waals surface area contributed by atoms with E-state index in [0.29, 0.717) is 31.5 Å². The second-order valence-electron chi connectivity index (χ2n) is 13.6. The van der Waals surface area contributed by atoms with E-state index in [4.69, 9.17) is 9.47 Å². The summed E-state index contributed by atoms with van der Waals surface area (Å²) in [6.45, 7) is 13.3. The van der Waals surface area contributed by atoms with Gasteiger partial charge in [-0.25, -0.2) is 0 Å². The van der Waals surface area contributed by atoms with E-state index in [0.717, 1.165) is 76.4 Å². The Labute approximate surface area is 259 Å². The molecule has 1 fully saturated rings. The minimum Gasteiger partial charge on any atom is -0.493 e. The quantitative estimate of drug-likeness (QED) is 0.267. The van der Waals surface area contributed by atoms with Crippen molar-refractivity contribution < 1.29 is 19.4 Å². The van der Waals surface area contributed by atoms with E-state index < -0.39 is 11.4 Å². The highest BCUT2D eigenvalue weighted by molar-refractivity contribution is 5.79. The van der Waals surface area contributed by atoms with Gasteiger partial charge in [0.2, 0.25) is 0 Å². The lowest BCUT2D eigenvalue weighted by atomic mass is 9.78. The van der Waals surface area contributed by atoms with Crippen molar-refractivity contribution in [1.29, 1.82) is 0 Å². The summed E-state index contributed by atoms with van der Waals surface area (Å²) in [6, 6.07) is 13.8. The third-order valence-electron chi connectivity index (χ3n) is 10.3. The Morgan fingerprint density at radius 1 is 1.16 bits per heavy atom. The summed E-state index contributed by atoms with van der Waals surface area (Å²) in [5.41, 5.74) is 7.73. The standard InChI is InChI=1S/C38H53NO4/c1-5-17-38(4,37(40)41)18-14-27(3)29-15-20-39(19-9-21-42-22-16-29)26-28-23-34-33-25-31(33)13-12-30-10-7-8-11-32(30)36(34)35(24-28)43-6-2/h7-8,10-11,16,23-24,27,31,33H,5-6,9,12-15,17-22,25-26H2,1-4H3,(H,40,41). The summed E-state index contributed by atoms with van der Waals surface area (Å²) in [7, 11) is 0. The summed E-state index contributed by atoms with van der Waals surface area (Å²) in [5, 5.41) is 9.89. The van der Waals surface area contributed by atoms with Gasteiger partial charge >= 0.3 is 5.97 Å². The maximum Gasteiger partial charge on any atom is 0.309 e. The molecule has 1 aliphatic heterocycles. The Bertz CT molecular complexity index is 1280. The van der Waals surface area contributed by atoms with Gasteiger partial charge in [0.25, 0.3) is 0 Å². The number of ether oxygens (including phenoxy) is 2. The van der Waals surface area contributed by atoms with Gasteiger partial charge in [0.1, 0.15) is 5.75 Å². The Kier molecular flexibility index (Phi) is 10.7. The molecule has 4 atom stereocenters. The number of carboxylic acids is 1. The molecule has 0 bridgehead atoms. The van der Waals surface area contributed by atoms with E-state index in [-0.39, 0.29) is 0 Å². The molecule has 0 aromatic heterocycles. The molecular formula is C38H53NO4. The molecule has 43 heavy (non-hydrogen) atoms. The highest BCUT2D eigenvalue weighted by Gasteiger charge is 2.41. The fourth-order valence-electron chi connectivity index (χ4n) is 7.52. The normalized spacial score (nSPS) is 22.8. The molecular weight excluding hydrogens is 534 g/mol. The Morgan fingerprint density at radius 2 is 2.00 bits per heavy atom. The van der Waals surface area contributed by atoms with E-state index in [9.17, 15) is 9.90 Å². The van der Waals surface area contributed by atoms with Gasteiger partial charge in [-0.1, -0.05) is 62.2 Å². The van der Waals surface area contributed by atoms with Crippen LogP contribution >= 0.6 is 0 Å². The third-order valence-corrected chi connectivity index (χ3v) is 10.3. The van der Waals surface area contributed by atoms with Crippen molar-refractivity contribution in [3.8, 4) is 16.9 Å². The Morgan fingerprint density at radius 3 is 2.79 bits per heavy atom. The van der Waals surface area contributed by atoms with Crippen LogP contribution in [0.2, 0.25) is 0 Å². The molecule has 0 saturated heterocycles. The van der Waals surface area contributed by atoms with Gasteiger partial charge in [0, 0.05) is 31.8 Å². The predicted molar refractivity (Wildman–Crippen MR) is 175 cm³/mol. The number of aliphatic carboxylic acids is 1. The summed E-state index contributed by atoms with van der Waals surface area (Å²) < 4.78 is 12.4. The van der Waals surface area contributed by atoms with Crippen LogP contribution in [0.15, 0.2) is 48.0 Å². The van der Waals surface area contributed by atoms with Gasteiger partial charge in [-0.3, -0.25) is 9.69 Å². The zero-order valence-electron chi connectivity index (χ0n) is 27.0. The zero-order valence-corrected chi connectivity index (χ0v) is 27.0. The molecule has 3 aliphatic rings. The molecule has 4 unspecified atom stereocenters. The van der Waals surface area contributed by atoms with E-state index in [1.54, 1.807) is 0 Å². The van der Waals surface area contributed by atoms with Crippen LogP contribution in [0.4, 0.5) is 0 Å². The lowest BCUT2D eigenvalue weighted by Gasteiger charge is -2.29. The van der Waals surface area contributed by atoms with Crippen LogP contribution in [0.25, 0.3) is 11.1 Å². The van der Waals surface area contributed by atoms with Gasteiger partial charge < -0.3 is 14.6 Å². The van der Waals surface area contributed by atoms with Crippen LogP contribution < -0.4 is 4.74 Å². The number of hydrogen-bond donors (Lipinski definition) is 1. The van der Waals surface area contributed by atoms with Crippen LogP contribution in [-0.2, 0) is 22.5 Å². The number of nitrogens with zero attached hydrogens (tertiary/aromatic N) is 1. The molecule has 1 heterocycles. The monoisotopic (exact) mass is 587 g/mol. The summed E-state index contributed by atoms with van der Waals surface area (Å²) in [5.74, 6) is 2.15. The molecule has 0 radical (unpaired) electrons. The average Bonchev–Trinajstić information content (AvgIpc) is 3.76. The zero-order chi connectivity index (χ0) is 30.4. The summed E-state index contributed by atoms with van der Waals surface area (Å²) in [4.78, 5) is 14.6. The van der Waals surface area contributed by atoms with Crippen molar-refractivity contribution in [3.05, 3.63) is 64.7 Å². The molecule has 2 aromatic rings. The number of benzene rings is 2. The maximum absolute atomic E-state index is 12.0. The fraction of sp³-hybridized carbons (Fsp3) is 0.605. The molecule has 234 valence electrons. The van der Waals surface area contributed by atoms with E-state index in [1.165, 1.54) is 46.2 Å². The molecule has 5 nitrogen and oxygen atoms in total. The number of rotatable bonds is 11. The van der Waals surface area contributed by atoms with Crippen LogP contribution in [0, 0.1) is 17.3 Å². The van der Waals surface area contributed by atoms with Gasteiger partial charge in [-0.2, -0.15) is 0 Å². The van der Waals surface area contributed by atoms with Gasteiger partial charge in [-0.15, -0.1) is 0 Å². The van der Waals surface area contributed by atoms with Gasteiger partial charge in [-0.05, 0) is 111 Å². The number of hydrogen-bond acceptors (Lipinski definition) is 4. The number of carbonyl (C=O) groups is 1. The first kappa shape index (κ1) is 31.8. The van der Waals surface area contributed by atoms with Crippen LogP contribution in [0.5, 0.6) is 5.75 Å². The molecule has 5 rings (SSSR count). The third kappa shape index (κ3) is 7.72. The first-order chi connectivity index (χ1) is 20.8. The molecule has 1 N–H and O–H groups in total. The SMILES string of the molecule is CCCC(C)(CCC(C)C1=CCOCCCN(Cc2cc(OCC)c3c(c2)C2CC2CCc2ccccc2-3)CC1)C(=O)O. The molecule has 0 spiro atoms. The van der Waals surface area contributed by atoms with Crippen molar-refractivity contribution in [1.82, 2.24) is 4.90 Å². The van der Waals surface area contributed by atoms with Crippen molar-refractivity contribution in [3.63, 3.8) is 0 Å². The minimum atomic E-state index is -0.667. The van der Waals surface area contributed by atoms with Gasteiger partial charge in [0.05, 0.1) is 18.6 Å². The maximum atomic E-state index is 12.0. The Balaban J connectivity index is 1.34. The second-order valence-corrected chi connectivity index (χ2v) is 13.6. The first-order valence-corrected chi connectivity index (χ1v) is 16.9. The lowest BCUT2D eigenvalue weighted by Crippen LogP contribution is -2.29. The smallest absolute Gasteiger partial charge is 0.309 e. The number of fused-ring (bicyclic) bond motifs is 5. The topological polar surface area (TPSA) is 59.0 Å². The second kappa shape index (κ2) is 14.4. The molecule has 2 aromatic carbocycles. The fourth-order valence-corrected chi connectivity index (χ4v) is 7.52. The van der Waals surface area contributed by atoms with Crippen LogP contribution in [0.3, 0.4) is 0 Å². The van der Waals surface area contributed by atoms with Gasteiger partial charge in [0.15, 0.2) is 0 Å². The average molecular weight is 588 g/mol. The molecule has 0 amide bonds. The highest BCUT2D eigenvalue weighted by atomic mass is 16.5. The van der Waals surface area contributed by atoms with E-state index in [1.807, 2.05) is 6.92 Å². The first-order valence-electron chi connectivity index (χ1n) is 16.9.